The number of morpholine rings is 1. The van der Waals surface area contributed by atoms with E-state index in [9.17, 15) is 0 Å². The van der Waals surface area contributed by atoms with Crippen LogP contribution in [0.4, 0.5) is 11.4 Å². The fourth-order valence-electron chi connectivity index (χ4n) is 4.03. The Morgan fingerprint density at radius 1 is 1.00 bits per heavy atom. The minimum Gasteiger partial charge on any atom is -0.378 e. The first-order valence-electron chi connectivity index (χ1n) is 9.78. The molecule has 2 aromatic heterocycles. The largest absolute Gasteiger partial charge is 0.378 e. The zero-order valence-corrected chi connectivity index (χ0v) is 17.5. The van der Waals surface area contributed by atoms with Crippen LogP contribution in [-0.4, -0.2) is 36.4 Å². The third-order valence-corrected chi connectivity index (χ3v) is 6.69. The SMILES string of the molecule is S=C1N[C@@H](c2ccccn2)[C@H](c2cccs2)N1c1ccc(N2CCOCC2)cc1. The van der Waals surface area contributed by atoms with E-state index in [0.29, 0.717) is 0 Å². The molecule has 1 aromatic carbocycles. The predicted octanol–water partition coefficient (Wildman–Crippen LogP) is 4.16. The van der Waals surface area contributed by atoms with Crippen LogP contribution in [0.5, 0.6) is 0 Å². The Balaban J connectivity index is 1.48. The van der Waals surface area contributed by atoms with Crippen LogP contribution in [0.2, 0.25) is 0 Å². The molecule has 7 heteroatoms. The van der Waals surface area contributed by atoms with Crippen molar-refractivity contribution < 1.29 is 4.74 Å². The number of ether oxygens (including phenoxy) is 1. The van der Waals surface area contributed by atoms with Gasteiger partial charge in [0.05, 0.1) is 31.0 Å². The van der Waals surface area contributed by atoms with Crippen LogP contribution in [0, 0.1) is 0 Å². The van der Waals surface area contributed by atoms with Gasteiger partial charge in [-0.15, -0.1) is 11.3 Å². The highest BCUT2D eigenvalue weighted by Crippen LogP contribution is 2.43. The van der Waals surface area contributed by atoms with Crippen molar-refractivity contribution in [2.24, 2.45) is 0 Å². The monoisotopic (exact) mass is 422 g/mol. The Bertz CT molecular complexity index is 956. The highest BCUT2D eigenvalue weighted by atomic mass is 32.1. The number of thiophene rings is 1. The van der Waals surface area contributed by atoms with Crippen molar-refractivity contribution in [1.29, 1.82) is 0 Å². The summed E-state index contributed by atoms with van der Waals surface area (Å²) in [6.45, 7) is 3.44. The summed E-state index contributed by atoms with van der Waals surface area (Å²) in [4.78, 5) is 10.5. The molecule has 2 aliphatic rings. The van der Waals surface area contributed by atoms with Crippen molar-refractivity contribution in [2.75, 3.05) is 36.1 Å². The number of aromatic nitrogens is 1. The number of hydrogen-bond donors (Lipinski definition) is 1. The lowest BCUT2D eigenvalue weighted by Crippen LogP contribution is -2.36. The molecule has 2 atom stereocenters. The van der Waals surface area contributed by atoms with E-state index in [1.54, 1.807) is 11.3 Å². The number of rotatable bonds is 4. The molecule has 0 spiro atoms. The van der Waals surface area contributed by atoms with E-state index >= 15 is 0 Å². The fourth-order valence-corrected chi connectivity index (χ4v) is 5.23. The average Bonchev–Trinajstić information content (AvgIpc) is 3.43. The standard InChI is InChI=1S/C22H22N4OS2/c28-22-24-20(18-4-1-2-10-23-18)21(19-5-3-15-29-19)26(22)17-8-6-16(7-9-17)25-11-13-27-14-12-25/h1-10,15,20-21H,11-14H2,(H,24,28)/t20-,21-/m0/s1. The molecular formula is C22H22N4OS2. The molecule has 0 aliphatic carbocycles. The van der Waals surface area contributed by atoms with Gasteiger partial charge in [0.25, 0.3) is 0 Å². The number of nitrogens with one attached hydrogen (secondary N) is 1. The van der Waals surface area contributed by atoms with E-state index in [0.717, 1.165) is 42.8 Å². The molecule has 0 saturated carbocycles. The zero-order chi connectivity index (χ0) is 19.6. The number of anilines is 2. The van der Waals surface area contributed by atoms with Gasteiger partial charge in [0, 0.05) is 35.5 Å². The van der Waals surface area contributed by atoms with Crippen molar-refractivity contribution >= 4 is 40.0 Å². The molecule has 0 bridgehead atoms. The molecule has 5 nitrogen and oxygen atoms in total. The quantitative estimate of drug-likeness (QED) is 0.637. The Morgan fingerprint density at radius 3 is 2.48 bits per heavy atom. The van der Waals surface area contributed by atoms with Gasteiger partial charge < -0.3 is 19.9 Å². The summed E-state index contributed by atoms with van der Waals surface area (Å²) in [5.74, 6) is 0. The van der Waals surface area contributed by atoms with Crippen LogP contribution in [0.25, 0.3) is 0 Å². The van der Waals surface area contributed by atoms with Crippen molar-refractivity contribution in [1.82, 2.24) is 10.3 Å². The van der Waals surface area contributed by atoms with Gasteiger partial charge in [-0.05, 0) is 60.1 Å². The Kier molecular flexibility index (Phi) is 5.18. The molecule has 29 heavy (non-hydrogen) atoms. The third kappa shape index (κ3) is 3.61. The van der Waals surface area contributed by atoms with Gasteiger partial charge in [-0.2, -0.15) is 0 Å². The predicted molar refractivity (Wildman–Crippen MR) is 122 cm³/mol. The second-order valence-electron chi connectivity index (χ2n) is 7.13. The summed E-state index contributed by atoms with van der Waals surface area (Å²) in [5, 5.41) is 6.36. The molecule has 2 fully saturated rings. The van der Waals surface area contributed by atoms with E-state index < -0.39 is 0 Å². The average molecular weight is 423 g/mol. The van der Waals surface area contributed by atoms with Gasteiger partial charge in [-0.25, -0.2) is 0 Å². The lowest BCUT2D eigenvalue weighted by molar-refractivity contribution is 0.122. The van der Waals surface area contributed by atoms with E-state index in [1.807, 2.05) is 18.3 Å². The van der Waals surface area contributed by atoms with E-state index in [-0.39, 0.29) is 12.1 Å². The van der Waals surface area contributed by atoms with Crippen LogP contribution < -0.4 is 15.1 Å². The Hall–Kier alpha value is -2.48. The molecule has 2 aliphatic heterocycles. The maximum Gasteiger partial charge on any atom is 0.174 e. The summed E-state index contributed by atoms with van der Waals surface area (Å²) < 4.78 is 5.47. The lowest BCUT2D eigenvalue weighted by Gasteiger charge is -2.30. The van der Waals surface area contributed by atoms with Gasteiger partial charge in [0.2, 0.25) is 0 Å². The fraction of sp³-hybridized carbons (Fsp3) is 0.273. The van der Waals surface area contributed by atoms with Crippen LogP contribution in [0.3, 0.4) is 0 Å². The van der Waals surface area contributed by atoms with Gasteiger partial charge in [-0.3, -0.25) is 4.98 Å². The minimum absolute atomic E-state index is 0.0151. The van der Waals surface area contributed by atoms with E-state index in [4.69, 9.17) is 17.0 Å². The zero-order valence-electron chi connectivity index (χ0n) is 15.9. The highest BCUT2D eigenvalue weighted by molar-refractivity contribution is 7.80. The van der Waals surface area contributed by atoms with Gasteiger partial charge in [0.15, 0.2) is 5.11 Å². The van der Waals surface area contributed by atoms with Crippen LogP contribution in [-0.2, 0) is 4.74 Å². The molecule has 0 amide bonds. The van der Waals surface area contributed by atoms with Gasteiger partial charge in [-0.1, -0.05) is 12.1 Å². The van der Waals surface area contributed by atoms with E-state index in [1.165, 1.54) is 10.6 Å². The first-order valence-corrected chi connectivity index (χ1v) is 11.1. The van der Waals surface area contributed by atoms with Gasteiger partial charge >= 0.3 is 0 Å². The van der Waals surface area contributed by atoms with Crippen LogP contribution in [0.1, 0.15) is 22.7 Å². The summed E-state index contributed by atoms with van der Waals surface area (Å²) in [6, 6.07) is 19.1. The number of benzene rings is 1. The highest BCUT2D eigenvalue weighted by Gasteiger charge is 2.41. The van der Waals surface area contributed by atoms with Crippen LogP contribution in [0.15, 0.2) is 66.2 Å². The lowest BCUT2D eigenvalue weighted by atomic mass is 10.0. The van der Waals surface area contributed by atoms with Crippen molar-refractivity contribution in [3.05, 3.63) is 76.7 Å². The minimum atomic E-state index is 0.0151. The number of pyridine rings is 1. The third-order valence-electron chi connectivity index (χ3n) is 5.44. The molecule has 4 heterocycles. The van der Waals surface area contributed by atoms with Crippen LogP contribution >= 0.6 is 23.6 Å². The molecule has 2 saturated heterocycles. The Morgan fingerprint density at radius 2 is 1.79 bits per heavy atom. The molecule has 0 unspecified atom stereocenters. The molecule has 3 aromatic rings. The topological polar surface area (TPSA) is 40.6 Å². The molecular weight excluding hydrogens is 400 g/mol. The molecule has 0 radical (unpaired) electrons. The van der Waals surface area contributed by atoms with Crippen molar-refractivity contribution in [3.63, 3.8) is 0 Å². The second-order valence-corrected chi connectivity index (χ2v) is 8.49. The normalized spacial score (nSPS) is 22.0. The summed E-state index contributed by atoms with van der Waals surface area (Å²) in [7, 11) is 0. The van der Waals surface area contributed by atoms with Crippen molar-refractivity contribution in [2.45, 2.75) is 12.1 Å². The summed E-state index contributed by atoms with van der Waals surface area (Å²) >= 11 is 7.53. The van der Waals surface area contributed by atoms with Crippen molar-refractivity contribution in [3.8, 4) is 0 Å². The number of thiocarbonyl (C=S) groups is 1. The van der Waals surface area contributed by atoms with E-state index in [2.05, 4.69) is 67.9 Å². The number of hydrogen-bond acceptors (Lipinski definition) is 5. The smallest absolute Gasteiger partial charge is 0.174 e. The second kappa shape index (κ2) is 8.10. The summed E-state index contributed by atoms with van der Waals surface area (Å²) in [5.41, 5.74) is 3.32. The molecule has 1 N–H and O–H groups in total. The maximum atomic E-state index is 5.77. The first kappa shape index (κ1) is 18.5. The summed E-state index contributed by atoms with van der Waals surface area (Å²) in [6.07, 6.45) is 1.84. The molecule has 5 rings (SSSR count). The first-order chi connectivity index (χ1) is 14.3. The van der Waals surface area contributed by atoms with Gasteiger partial charge in [0.1, 0.15) is 0 Å². The molecule has 148 valence electrons. The number of nitrogens with zero attached hydrogens (tertiary/aromatic N) is 3. The Labute approximate surface area is 179 Å². The maximum absolute atomic E-state index is 5.77.